The van der Waals surface area contributed by atoms with Crippen LogP contribution in [0, 0.1) is 5.82 Å². The van der Waals surface area contributed by atoms with Gasteiger partial charge in [-0.3, -0.25) is 9.59 Å². The first-order valence-corrected chi connectivity index (χ1v) is 5.49. The molecule has 0 saturated carbocycles. The molecule has 0 saturated heterocycles. The molecular weight excluding hydrogens is 295 g/mol. The Morgan fingerprint density at radius 3 is 2.71 bits per heavy atom. The predicted molar refractivity (Wildman–Crippen MR) is 62.8 cm³/mol. The number of amides is 2. The summed E-state index contributed by atoms with van der Waals surface area (Å²) in [7, 11) is 0. The number of carbonyl (C=O) groups excluding carboxylic acids is 2. The predicted octanol–water partition coefficient (Wildman–Crippen LogP) is 0.635. The Hall–Kier alpha value is -1.47. The van der Waals surface area contributed by atoms with Crippen LogP contribution in [0.1, 0.15) is 0 Å². The largest absolute Gasteiger partial charge is 0.395 e. The van der Waals surface area contributed by atoms with Crippen LogP contribution in [0.3, 0.4) is 0 Å². The van der Waals surface area contributed by atoms with Crippen LogP contribution < -0.4 is 10.6 Å². The van der Waals surface area contributed by atoms with Crippen LogP contribution in [0.25, 0.3) is 0 Å². The first-order valence-electron chi connectivity index (χ1n) is 4.69. The second kappa shape index (κ2) is 6.31. The van der Waals surface area contributed by atoms with Gasteiger partial charge in [-0.1, -0.05) is 15.9 Å². The molecule has 92 valence electrons. The Morgan fingerprint density at radius 2 is 2.06 bits per heavy atom. The van der Waals surface area contributed by atoms with Crippen LogP contribution in [0.4, 0.5) is 10.1 Å². The van der Waals surface area contributed by atoms with E-state index in [1.165, 1.54) is 12.1 Å². The molecule has 0 heterocycles. The third-order valence-electron chi connectivity index (χ3n) is 1.78. The molecule has 1 aromatic rings. The maximum atomic E-state index is 13.2. The quantitative estimate of drug-likeness (QED) is 0.717. The standard InChI is InChI=1S/C10H10BrFN2O3/c11-6-1-2-7(12)8(5-6)14-10(17)9(16)13-3-4-15/h1-2,5,15H,3-4H2,(H,13,16)(H,14,17). The number of rotatable bonds is 3. The van der Waals surface area contributed by atoms with Crippen LogP contribution in [0.15, 0.2) is 22.7 Å². The van der Waals surface area contributed by atoms with Gasteiger partial charge in [0.1, 0.15) is 5.82 Å². The zero-order valence-corrected chi connectivity index (χ0v) is 10.3. The summed E-state index contributed by atoms with van der Waals surface area (Å²) < 4.78 is 13.8. The molecule has 0 spiro atoms. The second-order valence-corrected chi connectivity index (χ2v) is 3.97. The van der Waals surface area contributed by atoms with Crippen molar-refractivity contribution in [3.8, 4) is 0 Å². The van der Waals surface area contributed by atoms with Crippen molar-refractivity contribution in [3.05, 3.63) is 28.5 Å². The summed E-state index contributed by atoms with van der Waals surface area (Å²) in [6, 6.07) is 3.97. The monoisotopic (exact) mass is 304 g/mol. The van der Waals surface area contributed by atoms with Crippen LogP contribution in [-0.4, -0.2) is 30.1 Å². The summed E-state index contributed by atoms with van der Waals surface area (Å²) in [5.74, 6) is -2.56. The molecular formula is C10H10BrFN2O3. The van der Waals surface area contributed by atoms with Gasteiger partial charge in [0.15, 0.2) is 0 Å². The van der Waals surface area contributed by atoms with E-state index in [-0.39, 0.29) is 18.8 Å². The molecule has 0 aliphatic rings. The van der Waals surface area contributed by atoms with E-state index >= 15 is 0 Å². The van der Waals surface area contributed by atoms with E-state index in [9.17, 15) is 14.0 Å². The second-order valence-electron chi connectivity index (χ2n) is 3.06. The van der Waals surface area contributed by atoms with Gasteiger partial charge in [-0.05, 0) is 18.2 Å². The highest BCUT2D eigenvalue weighted by molar-refractivity contribution is 9.10. The highest BCUT2D eigenvalue weighted by atomic mass is 79.9. The third-order valence-corrected chi connectivity index (χ3v) is 2.27. The minimum atomic E-state index is -0.990. The van der Waals surface area contributed by atoms with E-state index in [4.69, 9.17) is 5.11 Å². The van der Waals surface area contributed by atoms with Crippen molar-refractivity contribution in [2.24, 2.45) is 0 Å². The SMILES string of the molecule is O=C(NCCO)C(=O)Nc1cc(Br)ccc1F. The average Bonchev–Trinajstić information content (AvgIpc) is 2.30. The van der Waals surface area contributed by atoms with Crippen molar-refractivity contribution in [1.29, 1.82) is 0 Å². The Labute approximate surface area is 105 Å². The molecule has 1 aromatic carbocycles. The maximum Gasteiger partial charge on any atom is 0.313 e. The fraction of sp³-hybridized carbons (Fsp3) is 0.200. The molecule has 0 fully saturated rings. The molecule has 0 radical (unpaired) electrons. The Balaban J connectivity index is 2.67. The van der Waals surface area contributed by atoms with E-state index in [1.807, 2.05) is 0 Å². The molecule has 0 unspecified atom stereocenters. The molecule has 17 heavy (non-hydrogen) atoms. The highest BCUT2D eigenvalue weighted by Crippen LogP contribution is 2.19. The molecule has 0 aliphatic carbocycles. The minimum Gasteiger partial charge on any atom is -0.395 e. The number of aliphatic hydroxyl groups excluding tert-OH is 1. The Morgan fingerprint density at radius 1 is 1.35 bits per heavy atom. The van der Waals surface area contributed by atoms with Crippen molar-refractivity contribution < 1.29 is 19.1 Å². The third kappa shape index (κ3) is 4.12. The first kappa shape index (κ1) is 13.6. The lowest BCUT2D eigenvalue weighted by molar-refractivity contribution is -0.136. The van der Waals surface area contributed by atoms with Gasteiger partial charge >= 0.3 is 11.8 Å². The van der Waals surface area contributed by atoms with E-state index < -0.39 is 17.6 Å². The van der Waals surface area contributed by atoms with E-state index in [0.29, 0.717) is 4.47 Å². The van der Waals surface area contributed by atoms with Crippen molar-refractivity contribution in [2.45, 2.75) is 0 Å². The van der Waals surface area contributed by atoms with Crippen LogP contribution >= 0.6 is 15.9 Å². The van der Waals surface area contributed by atoms with Gasteiger partial charge in [0.25, 0.3) is 0 Å². The van der Waals surface area contributed by atoms with Crippen LogP contribution in [0.5, 0.6) is 0 Å². The summed E-state index contributed by atoms with van der Waals surface area (Å²) in [5, 5.41) is 12.7. The summed E-state index contributed by atoms with van der Waals surface area (Å²) in [6.07, 6.45) is 0. The van der Waals surface area contributed by atoms with E-state index in [2.05, 4.69) is 26.6 Å². The number of halogens is 2. The normalized spacial score (nSPS) is 9.82. The molecule has 0 aromatic heterocycles. The molecule has 0 bridgehead atoms. The molecule has 2 amide bonds. The van der Waals surface area contributed by atoms with Gasteiger partial charge in [0.05, 0.1) is 12.3 Å². The number of carbonyl (C=O) groups is 2. The molecule has 1 rings (SSSR count). The number of hydrogen-bond donors (Lipinski definition) is 3. The Kier molecular flexibility index (Phi) is 5.05. The smallest absolute Gasteiger partial charge is 0.313 e. The highest BCUT2D eigenvalue weighted by Gasteiger charge is 2.14. The summed E-state index contributed by atoms with van der Waals surface area (Å²) in [5.41, 5.74) is -0.0940. The number of anilines is 1. The number of benzene rings is 1. The molecule has 0 aliphatic heterocycles. The number of nitrogens with one attached hydrogen (secondary N) is 2. The van der Waals surface area contributed by atoms with Gasteiger partial charge in [-0.25, -0.2) is 4.39 Å². The van der Waals surface area contributed by atoms with Crippen LogP contribution in [-0.2, 0) is 9.59 Å². The number of aliphatic hydroxyl groups is 1. The molecule has 5 nitrogen and oxygen atoms in total. The zero-order valence-electron chi connectivity index (χ0n) is 8.67. The Bertz CT molecular complexity index is 440. The average molecular weight is 305 g/mol. The lowest BCUT2D eigenvalue weighted by Crippen LogP contribution is -2.37. The van der Waals surface area contributed by atoms with Crippen LogP contribution in [0.2, 0.25) is 0 Å². The minimum absolute atomic E-state index is 0.0345. The fourth-order valence-corrected chi connectivity index (χ4v) is 1.38. The van der Waals surface area contributed by atoms with E-state index in [0.717, 1.165) is 6.07 Å². The van der Waals surface area contributed by atoms with Crippen molar-refractivity contribution in [3.63, 3.8) is 0 Å². The molecule has 0 atom stereocenters. The zero-order chi connectivity index (χ0) is 12.8. The summed E-state index contributed by atoms with van der Waals surface area (Å²) >= 11 is 3.11. The number of hydrogen-bond acceptors (Lipinski definition) is 3. The topological polar surface area (TPSA) is 78.4 Å². The lowest BCUT2D eigenvalue weighted by atomic mass is 10.3. The first-order chi connectivity index (χ1) is 8.04. The van der Waals surface area contributed by atoms with Crippen molar-refractivity contribution in [2.75, 3.05) is 18.5 Å². The van der Waals surface area contributed by atoms with Crippen molar-refractivity contribution >= 4 is 33.4 Å². The van der Waals surface area contributed by atoms with Gasteiger partial charge in [-0.15, -0.1) is 0 Å². The summed E-state index contributed by atoms with van der Waals surface area (Å²) in [6.45, 7) is -0.308. The van der Waals surface area contributed by atoms with Gasteiger partial charge in [0.2, 0.25) is 0 Å². The van der Waals surface area contributed by atoms with E-state index in [1.54, 1.807) is 0 Å². The van der Waals surface area contributed by atoms with Gasteiger partial charge in [-0.2, -0.15) is 0 Å². The fourth-order valence-electron chi connectivity index (χ4n) is 1.02. The molecule has 3 N–H and O–H groups in total. The maximum absolute atomic E-state index is 13.2. The summed E-state index contributed by atoms with van der Waals surface area (Å²) in [4.78, 5) is 22.4. The lowest BCUT2D eigenvalue weighted by Gasteiger charge is -2.06. The van der Waals surface area contributed by atoms with Gasteiger partial charge < -0.3 is 15.7 Å². The van der Waals surface area contributed by atoms with Gasteiger partial charge in [0, 0.05) is 11.0 Å². The van der Waals surface area contributed by atoms with Crippen molar-refractivity contribution in [1.82, 2.24) is 5.32 Å². The molecule has 7 heteroatoms.